The van der Waals surface area contributed by atoms with Gasteiger partial charge in [0, 0.05) is 24.7 Å². The number of hydrogen-bond acceptors (Lipinski definition) is 3. The van der Waals surface area contributed by atoms with Crippen LogP contribution in [0, 0.1) is 0 Å². The number of amides is 1. The van der Waals surface area contributed by atoms with Gasteiger partial charge in [-0.15, -0.1) is 0 Å². The average Bonchev–Trinajstić information content (AvgIpc) is 2.59. The molecule has 0 aromatic carbocycles. The van der Waals surface area contributed by atoms with E-state index >= 15 is 0 Å². The Morgan fingerprint density at radius 1 is 1.43 bits per heavy atom. The lowest BCUT2D eigenvalue weighted by Gasteiger charge is -2.13. The summed E-state index contributed by atoms with van der Waals surface area (Å²) < 4.78 is 13.6. The lowest BCUT2D eigenvalue weighted by atomic mass is 10.0. The van der Waals surface area contributed by atoms with Crippen LogP contribution in [-0.4, -0.2) is 24.6 Å². The Kier molecular flexibility index (Phi) is 7.88. The third kappa shape index (κ3) is 5.43. The van der Waals surface area contributed by atoms with E-state index in [2.05, 4.69) is 15.3 Å². The molecule has 124 valence electrons. The second kappa shape index (κ2) is 9.66. The summed E-state index contributed by atoms with van der Waals surface area (Å²) in [5.74, 6) is -1.29. The molecule has 0 aliphatic carbocycles. The van der Waals surface area contributed by atoms with Gasteiger partial charge in [-0.2, -0.15) is 4.39 Å². The molecule has 0 aromatic rings. The SMILES string of the molecule is C/C=C(/C(=O)NC(=C/C)/C=C(\CC)C1=NC=CCC1)C(F)=NC. The average molecular weight is 317 g/mol. The van der Waals surface area contributed by atoms with Crippen LogP contribution < -0.4 is 5.32 Å². The number of halogens is 1. The van der Waals surface area contributed by atoms with E-state index in [1.165, 1.54) is 13.1 Å². The van der Waals surface area contributed by atoms with E-state index in [0.29, 0.717) is 5.70 Å². The maximum atomic E-state index is 13.6. The Morgan fingerprint density at radius 3 is 2.65 bits per heavy atom. The highest BCUT2D eigenvalue weighted by Gasteiger charge is 2.15. The number of carbonyl (C=O) groups is 1. The first-order valence-corrected chi connectivity index (χ1v) is 7.76. The normalized spacial score (nSPS) is 17.2. The van der Waals surface area contributed by atoms with Crippen LogP contribution in [0.1, 0.15) is 40.0 Å². The summed E-state index contributed by atoms with van der Waals surface area (Å²) in [5, 5.41) is 2.72. The molecule has 0 radical (unpaired) electrons. The number of allylic oxidation sites excluding steroid dienone is 5. The molecule has 0 aromatic heterocycles. The molecule has 0 spiro atoms. The Bertz CT molecular complexity index is 622. The van der Waals surface area contributed by atoms with Gasteiger partial charge in [-0.3, -0.25) is 14.8 Å². The Labute approximate surface area is 137 Å². The largest absolute Gasteiger partial charge is 0.322 e. The van der Waals surface area contributed by atoms with Crippen LogP contribution in [0.3, 0.4) is 0 Å². The highest BCUT2D eigenvalue weighted by molar-refractivity contribution is 6.18. The molecule has 1 rings (SSSR count). The molecule has 0 fully saturated rings. The predicted molar refractivity (Wildman–Crippen MR) is 94.3 cm³/mol. The summed E-state index contributed by atoms with van der Waals surface area (Å²) in [4.78, 5) is 20.0. The van der Waals surface area contributed by atoms with Crippen LogP contribution in [0.2, 0.25) is 0 Å². The van der Waals surface area contributed by atoms with Crippen molar-refractivity contribution in [2.75, 3.05) is 7.05 Å². The van der Waals surface area contributed by atoms with Gasteiger partial charge >= 0.3 is 0 Å². The Morgan fingerprint density at radius 2 is 2.17 bits per heavy atom. The molecular formula is C18H24FN3O. The molecule has 1 aliphatic heterocycles. The van der Waals surface area contributed by atoms with Crippen molar-refractivity contribution in [1.82, 2.24) is 5.32 Å². The van der Waals surface area contributed by atoms with Crippen molar-refractivity contribution in [3.05, 3.63) is 47.3 Å². The first-order valence-electron chi connectivity index (χ1n) is 7.76. The molecule has 0 bridgehead atoms. The van der Waals surface area contributed by atoms with E-state index in [9.17, 15) is 9.18 Å². The van der Waals surface area contributed by atoms with Gasteiger partial charge in [0.2, 0.25) is 5.97 Å². The van der Waals surface area contributed by atoms with Crippen molar-refractivity contribution in [3.63, 3.8) is 0 Å². The third-order valence-corrected chi connectivity index (χ3v) is 3.49. The summed E-state index contributed by atoms with van der Waals surface area (Å²) in [6.07, 6.45) is 11.6. The fourth-order valence-electron chi connectivity index (χ4n) is 2.18. The van der Waals surface area contributed by atoms with Crippen LogP contribution >= 0.6 is 0 Å². The number of aliphatic imine (C=N–C) groups is 2. The molecular weight excluding hydrogens is 293 g/mol. The maximum absolute atomic E-state index is 13.6. The molecule has 23 heavy (non-hydrogen) atoms. The monoisotopic (exact) mass is 317 g/mol. The lowest BCUT2D eigenvalue weighted by molar-refractivity contribution is -0.116. The summed E-state index contributed by atoms with van der Waals surface area (Å²) in [6, 6.07) is 0. The van der Waals surface area contributed by atoms with Gasteiger partial charge in [0.15, 0.2) is 0 Å². The van der Waals surface area contributed by atoms with E-state index in [-0.39, 0.29) is 5.57 Å². The molecule has 1 amide bonds. The van der Waals surface area contributed by atoms with Crippen LogP contribution in [0.4, 0.5) is 4.39 Å². The number of carbonyl (C=O) groups excluding carboxylic acids is 1. The summed E-state index contributed by atoms with van der Waals surface area (Å²) in [6.45, 7) is 5.47. The van der Waals surface area contributed by atoms with Crippen LogP contribution in [0.25, 0.3) is 0 Å². The van der Waals surface area contributed by atoms with Crippen molar-refractivity contribution in [1.29, 1.82) is 0 Å². The van der Waals surface area contributed by atoms with Gasteiger partial charge < -0.3 is 5.32 Å². The zero-order chi connectivity index (χ0) is 17.2. The van der Waals surface area contributed by atoms with Crippen molar-refractivity contribution in [2.24, 2.45) is 9.98 Å². The number of hydrogen-bond donors (Lipinski definition) is 1. The fraction of sp³-hybridized carbons (Fsp3) is 0.389. The van der Waals surface area contributed by atoms with Crippen molar-refractivity contribution in [3.8, 4) is 0 Å². The first kappa shape index (κ1) is 18.7. The minimum atomic E-state index is -0.776. The molecule has 5 heteroatoms. The van der Waals surface area contributed by atoms with Crippen molar-refractivity contribution in [2.45, 2.75) is 40.0 Å². The Hall–Kier alpha value is -2.30. The van der Waals surface area contributed by atoms with Crippen molar-refractivity contribution < 1.29 is 9.18 Å². The minimum absolute atomic E-state index is 0.0729. The summed E-state index contributed by atoms with van der Waals surface area (Å²) in [5.41, 5.74) is 2.63. The third-order valence-electron chi connectivity index (χ3n) is 3.49. The molecule has 0 saturated carbocycles. The predicted octanol–water partition coefficient (Wildman–Crippen LogP) is 4.04. The first-order chi connectivity index (χ1) is 11.1. The van der Waals surface area contributed by atoms with Gasteiger partial charge in [0.25, 0.3) is 5.91 Å². The minimum Gasteiger partial charge on any atom is -0.322 e. The smallest absolute Gasteiger partial charge is 0.259 e. The van der Waals surface area contributed by atoms with Gasteiger partial charge in [-0.1, -0.05) is 25.2 Å². The highest BCUT2D eigenvalue weighted by Crippen LogP contribution is 2.15. The molecule has 0 unspecified atom stereocenters. The fourth-order valence-corrected chi connectivity index (χ4v) is 2.18. The van der Waals surface area contributed by atoms with E-state index < -0.39 is 11.9 Å². The van der Waals surface area contributed by atoms with Crippen LogP contribution in [0.15, 0.2) is 57.3 Å². The molecule has 1 heterocycles. The standard InChI is InChI=1S/C18H24FN3O/c1-5-13(16-10-8-9-11-21-16)12-14(6-2)22-18(23)15(7-3)17(19)20-4/h6-7,9,11-12H,5,8,10H2,1-4H3,(H,22,23)/b13-12+,14-6+,15-7+,20-17?. The molecule has 4 nitrogen and oxygen atoms in total. The van der Waals surface area contributed by atoms with Gasteiger partial charge in [-0.05, 0) is 44.8 Å². The summed E-state index contributed by atoms with van der Waals surface area (Å²) >= 11 is 0. The van der Waals surface area contributed by atoms with E-state index in [1.54, 1.807) is 19.2 Å². The van der Waals surface area contributed by atoms with Crippen molar-refractivity contribution >= 4 is 17.6 Å². The van der Waals surface area contributed by atoms with E-state index in [0.717, 1.165) is 30.5 Å². The zero-order valence-electron chi connectivity index (χ0n) is 14.2. The van der Waals surface area contributed by atoms with Gasteiger partial charge in [-0.25, -0.2) is 0 Å². The lowest BCUT2D eigenvalue weighted by Crippen LogP contribution is -2.26. The van der Waals surface area contributed by atoms with Crippen LogP contribution in [-0.2, 0) is 4.79 Å². The van der Waals surface area contributed by atoms with E-state index in [1.807, 2.05) is 26.0 Å². The highest BCUT2D eigenvalue weighted by atomic mass is 19.1. The number of nitrogens with zero attached hydrogens (tertiary/aromatic N) is 2. The molecule has 0 atom stereocenters. The second-order valence-electron chi connectivity index (χ2n) is 4.94. The molecule has 1 aliphatic rings. The topological polar surface area (TPSA) is 53.8 Å². The molecule has 1 N–H and O–H groups in total. The molecule has 0 saturated heterocycles. The number of nitrogens with one attached hydrogen (secondary N) is 1. The van der Waals surface area contributed by atoms with Gasteiger partial charge in [0.1, 0.15) is 0 Å². The maximum Gasteiger partial charge on any atom is 0.259 e. The second-order valence-corrected chi connectivity index (χ2v) is 4.94. The van der Waals surface area contributed by atoms with Crippen LogP contribution in [0.5, 0.6) is 0 Å². The van der Waals surface area contributed by atoms with Gasteiger partial charge in [0.05, 0.1) is 5.57 Å². The van der Waals surface area contributed by atoms with E-state index in [4.69, 9.17) is 0 Å². The quantitative estimate of drug-likeness (QED) is 0.449. The number of rotatable bonds is 6. The Balaban J connectivity index is 2.96. The zero-order valence-corrected chi connectivity index (χ0v) is 14.2. The summed E-state index contributed by atoms with van der Waals surface area (Å²) in [7, 11) is 1.31.